The lowest BCUT2D eigenvalue weighted by molar-refractivity contribution is 0.0491. The van der Waals surface area contributed by atoms with E-state index in [9.17, 15) is 4.79 Å². The molecule has 0 radical (unpaired) electrons. The number of rotatable bonds is 24. The normalized spacial score (nSPS) is 14.3. The van der Waals surface area contributed by atoms with Gasteiger partial charge >= 0.3 is 6.09 Å². The van der Waals surface area contributed by atoms with Gasteiger partial charge in [-0.3, -0.25) is 0 Å². The molecule has 0 spiro atoms. The highest BCUT2D eigenvalue weighted by molar-refractivity contribution is 7.81. The van der Waals surface area contributed by atoms with E-state index in [0.717, 1.165) is 12.8 Å². The van der Waals surface area contributed by atoms with Crippen molar-refractivity contribution in [2.45, 2.75) is 145 Å². The van der Waals surface area contributed by atoms with Gasteiger partial charge in [0.25, 0.3) is 0 Å². The van der Waals surface area contributed by atoms with Crippen LogP contribution in [0.5, 0.6) is 0 Å². The molecule has 21 heteroatoms. The van der Waals surface area contributed by atoms with Gasteiger partial charge in [0.15, 0.2) is 30.7 Å². The summed E-state index contributed by atoms with van der Waals surface area (Å²) in [7, 11) is 1.80. The second kappa shape index (κ2) is 31.3. The van der Waals surface area contributed by atoms with Crippen LogP contribution in [0.3, 0.4) is 0 Å². The van der Waals surface area contributed by atoms with Crippen LogP contribution in [0.2, 0.25) is 0 Å². The Bertz CT molecular complexity index is 1370. The summed E-state index contributed by atoms with van der Waals surface area (Å²) in [6, 6.07) is 0.0364. The summed E-state index contributed by atoms with van der Waals surface area (Å²) in [5.41, 5.74) is -0.571. The lowest BCUT2D eigenvalue weighted by atomic mass is 10.0. The maximum atomic E-state index is 12.3. The van der Waals surface area contributed by atoms with Gasteiger partial charge in [-0.05, 0) is 144 Å². The number of nitrogens with one attached hydrogen (secondary N) is 13. The summed E-state index contributed by atoms with van der Waals surface area (Å²) < 4.78 is 5.42. The van der Waals surface area contributed by atoms with Crippen molar-refractivity contribution in [2.24, 2.45) is 23.7 Å². The molecule has 0 aromatic heterocycles. The van der Waals surface area contributed by atoms with E-state index in [4.69, 9.17) is 78.0 Å². The molecule has 0 aliphatic heterocycles. The predicted molar refractivity (Wildman–Crippen MR) is 280 cm³/mol. The van der Waals surface area contributed by atoms with Crippen molar-refractivity contribution in [1.82, 2.24) is 69.1 Å². The Labute approximate surface area is 401 Å². The first kappa shape index (κ1) is 58.4. The third-order valence-corrected chi connectivity index (χ3v) is 10.6. The number of alkyl carbamates (subject to hydrolysis) is 1. The van der Waals surface area contributed by atoms with Gasteiger partial charge in [-0.15, -0.1) is 0 Å². The first-order valence-electron chi connectivity index (χ1n) is 21.5. The minimum Gasteiger partial charge on any atom is -0.444 e. The molecule has 0 saturated carbocycles. The summed E-state index contributed by atoms with van der Waals surface area (Å²) in [6.07, 6.45) is 1.38. The van der Waals surface area contributed by atoms with E-state index in [2.05, 4.69) is 111 Å². The summed E-state index contributed by atoms with van der Waals surface area (Å²) in [5, 5.41) is 46.0. The van der Waals surface area contributed by atoms with Crippen LogP contribution in [0, 0.1) is 23.7 Å². The average molecular weight is 969 g/mol. The molecule has 0 heterocycles. The van der Waals surface area contributed by atoms with Crippen LogP contribution in [0.4, 0.5) is 4.79 Å². The number of carbonyl (C=O) groups is 1. The number of hydrogen-bond acceptors (Lipinski definition) is 8. The molecule has 0 aliphatic carbocycles. The van der Waals surface area contributed by atoms with Crippen LogP contribution < -0.4 is 69.1 Å². The van der Waals surface area contributed by atoms with Crippen molar-refractivity contribution < 1.29 is 9.53 Å². The van der Waals surface area contributed by atoms with Gasteiger partial charge in [0, 0.05) is 76.5 Å². The van der Waals surface area contributed by atoms with Crippen LogP contribution in [0.15, 0.2) is 0 Å². The molecule has 15 nitrogen and oxygen atoms in total. The molecule has 0 bridgehead atoms. The molecule has 0 aromatic rings. The fraction of sp³-hybridized carbons (Fsp3) is 0.825. The molecule has 354 valence electrons. The van der Waals surface area contributed by atoms with Gasteiger partial charge in [0.2, 0.25) is 0 Å². The van der Waals surface area contributed by atoms with Crippen LogP contribution in [0.1, 0.15) is 103 Å². The molecule has 0 aromatic carbocycles. The molecule has 61 heavy (non-hydrogen) atoms. The molecule has 0 fully saturated rings. The highest BCUT2D eigenvalue weighted by atomic mass is 32.1. The third kappa shape index (κ3) is 31.8. The van der Waals surface area contributed by atoms with Crippen molar-refractivity contribution in [3.8, 4) is 0 Å². The molecule has 1 amide bonds. The Balaban J connectivity index is 4.86. The Kier molecular flexibility index (Phi) is 30.0. The van der Waals surface area contributed by atoms with E-state index in [-0.39, 0.29) is 48.1 Å². The Morgan fingerprint density at radius 3 is 1.15 bits per heavy atom. The molecule has 0 saturated heterocycles. The van der Waals surface area contributed by atoms with Crippen molar-refractivity contribution in [2.75, 3.05) is 46.3 Å². The molecule has 6 atom stereocenters. The van der Waals surface area contributed by atoms with E-state index in [1.807, 2.05) is 48.5 Å². The lowest BCUT2D eigenvalue weighted by Crippen LogP contribution is -2.55. The number of ether oxygens (including phenoxy) is 1. The predicted octanol–water partition coefficient (Wildman–Crippen LogP) is 3.58. The standard InChI is InChI=1S/C40H81N13O2S6/c1-23(2)15-29(19-44-33(56)41-14)50-36(59)42-17-27(9)48-34(57)46-21-31(25(5)6)52-38(61)45-20-30(16-24(3)4)51-37(60)43-18-28(10)49-35(58)47-22-32(26(7)8)53-39(54)55-40(11,12)13/h23-32H,15-22H2,1-14H3,(H,53,54)(H2,41,44,56)(H2,42,50,59)(H2,43,51,60)(H2,45,52,61)(H2,46,48,57)(H2,47,49,58)/t27-,28-,29-,30-,31+,32+/m0/s1. The fourth-order valence-corrected chi connectivity index (χ4v) is 7.04. The summed E-state index contributed by atoms with van der Waals surface area (Å²) in [6.45, 7) is 30.1. The summed E-state index contributed by atoms with van der Waals surface area (Å²) in [5.74, 6) is 1.39. The summed E-state index contributed by atoms with van der Waals surface area (Å²) in [4.78, 5) is 12.3. The fourth-order valence-electron chi connectivity index (χ4n) is 5.65. The quantitative estimate of drug-likeness (QED) is 0.0631. The maximum Gasteiger partial charge on any atom is 0.407 e. The number of thiocarbonyl (C=S) groups is 6. The van der Waals surface area contributed by atoms with Crippen molar-refractivity contribution in [3.05, 3.63) is 0 Å². The van der Waals surface area contributed by atoms with Gasteiger partial charge in [-0.2, -0.15) is 0 Å². The Morgan fingerprint density at radius 2 is 0.787 bits per heavy atom. The lowest BCUT2D eigenvalue weighted by Gasteiger charge is -2.28. The molecular formula is C40H81N13O2S6. The first-order chi connectivity index (χ1) is 28.3. The smallest absolute Gasteiger partial charge is 0.407 e. The van der Waals surface area contributed by atoms with E-state index in [1.54, 1.807) is 7.05 Å². The third-order valence-electron chi connectivity index (χ3n) is 8.91. The van der Waals surface area contributed by atoms with Crippen molar-refractivity contribution >= 4 is 110 Å². The van der Waals surface area contributed by atoms with Crippen molar-refractivity contribution in [3.63, 3.8) is 0 Å². The van der Waals surface area contributed by atoms with Crippen molar-refractivity contribution in [1.29, 1.82) is 0 Å². The number of carbonyl (C=O) groups excluding carboxylic acids is 1. The average Bonchev–Trinajstić information content (AvgIpc) is 3.12. The van der Waals surface area contributed by atoms with Gasteiger partial charge in [0.1, 0.15) is 5.60 Å². The zero-order valence-electron chi connectivity index (χ0n) is 39.2. The zero-order valence-corrected chi connectivity index (χ0v) is 44.1. The zero-order chi connectivity index (χ0) is 46.9. The van der Waals surface area contributed by atoms with Gasteiger partial charge in [-0.1, -0.05) is 55.4 Å². The molecule has 0 rings (SSSR count). The highest BCUT2D eigenvalue weighted by Crippen LogP contribution is 2.09. The van der Waals surface area contributed by atoms with Gasteiger partial charge in [-0.25, -0.2) is 4.79 Å². The summed E-state index contributed by atoms with van der Waals surface area (Å²) >= 11 is 33.4. The van der Waals surface area contributed by atoms with E-state index in [1.165, 1.54) is 0 Å². The number of amides is 1. The van der Waals surface area contributed by atoms with Crippen LogP contribution in [-0.4, -0.2) is 125 Å². The van der Waals surface area contributed by atoms with E-state index >= 15 is 0 Å². The van der Waals surface area contributed by atoms with E-state index < -0.39 is 11.7 Å². The van der Waals surface area contributed by atoms with Crippen LogP contribution in [0.25, 0.3) is 0 Å². The second-order valence-corrected chi connectivity index (χ2v) is 20.5. The maximum absolute atomic E-state index is 12.3. The molecule has 0 unspecified atom stereocenters. The molecule has 13 N–H and O–H groups in total. The topological polar surface area (TPSA) is 183 Å². The minimum atomic E-state index is -0.571. The Morgan fingerprint density at radius 1 is 0.459 bits per heavy atom. The molecular weight excluding hydrogens is 887 g/mol. The molecule has 0 aliphatic rings. The highest BCUT2D eigenvalue weighted by Gasteiger charge is 2.22. The monoisotopic (exact) mass is 967 g/mol. The second-order valence-electron chi connectivity index (χ2n) is 18.0. The Hall–Kier alpha value is -2.59. The van der Waals surface area contributed by atoms with Gasteiger partial charge in [0.05, 0.1) is 6.04 Å². The van der Waals surface area contributed by atoms with Crippen LogP contribution >= 0.6 is 73.3 Å². The van der Waals surface area contributed by atoms with Crippen LogP contribution in [-0.2, 0) is 4.74 Å². The largest absolute Gasteiger partial charge is 0.444 e. The number of hydrogen-bond donors (Lipinski definition) is 13. The van der Waals surface area contributed by atoms with E-state index in [0.29, 0.717) is 81.8 Å². The SMILES string of the molecule is CNC(=S)NC[C@H](CC(C)C)NC(=S)NC[C@H](C)NC(=S)NC[C@@H](NC(=S)NC[C@H](CC(C)C)NC(=S)NC[C@H](C)NC(=S)NC[C@@H](NC(=O)OC(C)(C)C)C(C)C)C(C)C. The van der Waals surface area contributed by atoms with Gasteiger partial charge < -0.3 is 73.9 Å². The minimum absolute atomic E-state index is 0.0235. The first-order valence-corrected chi connectivity index (χ1v) is 23.9.